The van der Waals surface area contributed by atoms with Crippen LogP contribution in [0, 0.1) is 6.92 Å². The number of hydrogen-bond acceptors (Lipinski definition) is 3. The number of aryl methyl sites for hydroxylation is 1. The number of hydrogen-bond donors (Lipinski definition) is 0. The number of methoxy groups -OCH3 is 1. The van der Waals surface area contributed by atoms with Gasteiger partial charge in [0.1, 0.15) is 5.58 Å². The molecular formula is C20H17NO3. The third-order valence-corrected chi connectivity index (χ3v) is 4.37. The highest BCUT2D eigenvalue weighted by Crippen LogP contribution is 2.25. The molecule has 2 aromatic heterocycles. The molecule has 0 aliphatic heterocycles. The molecule has 2 heterocycles. The molecule has 0 radical (unpaired) electrons. The Labute approximate surface area is 139 Å². The molecule has 0 saturated carbocycles. The Kier molecular flexibility index (Phi) is 3.38. The first kappa shape index (κ1) is 14.6. The first-order valence-electron chi connectivity index (χ1n) is 7.79. The van der Waals surface area contributed by atoms with Gasteiger partial charge in [-0.3, -0.25) is 0 Å². The zero-order valence-corrected chi connectivity index (χ0v) is 13.6. The second-order valence-electron chi connectivity index (χ2n) is 5.96. The van der Waals surface area contributed by atoms with E-state index in [0.717, 1.165) is 28.4 Å². The van der Waals surface area contributed by atoms with Crippen molar-refractivity contribution in [1.29, 1.82) is 0 Å². The minimum absolute atomic E-state index is 0.317. The van der Waals surface area contributed by atoms with E-state index in [4.69, 9.17) is 9.15 Å². The van der Waals surface area contributed by atoms with Crippen LogP contribution < -0.4 is 0 Å². The zero-order valence-electron chi connectivity index (χ0n) is 13.6. The van der Waals surface area contributed by atoms with Crippen LogP contribution in [0.15, 0.2) is 59.3 Å². The van der Waals surface area contributed by atoms with Crippen molar-refractivity contribution in [2.75, 3.05) is 7.11 Å². The van der Waals surface area contributed by atoms with Gasteiger partial charge in [-0.1, -0.05) is 12.1 Å². The summed E-state index contributed by atoms with van der Waals surface area (Å²) in [6.07, 6.45) is 3.82. The molecule has 0 bridgehead atoms. The highest BCUT2D eigenvalue weighted by molar-refractivity contribution is 5.95. The quantitative estimate of drug-likeness (QED) is 0.521. The van der Waals surface area contributed by atoms with Gasteiger partial charge in [0.25, 0.3) is 0 Å². The van der Waals surface area contributed by atoms with Crippen LogP contribution >= 0.6 is 0 Å². The maximum Gasteiger partial charge on any atom is 0.337 e. The predicted octanol–water partition coefficient (Wildman–Crippen LogP) is 4.53. The van der Waals surface area contributed by atoms with Crippen molar-refractivity contribution in [3.8, 4) is 0 Å². The van der Waals surface area contributed by atoms with Crippen LogP contribution in [0.2, 0.25) is 0 Å². The molecule has 0 N–H and O–H groups in total. The number of fused-ring (bicyclic) bond motifs is 2. The van der Waals surface area contributed by atoms with Crippen LogP contribution in [0.25, 0.3) is 21.9 Å². The lowest BCUT2D eigenvalue weighted by atomic mass is 10.1. The predicted molar refractivity (Wildman–Crippen MR) is 93.3 cm³/mol. The summed E-state index contributed by atoms with van der Waals surface area (Å²) in [6.45, 7) is 2.81. The molecule has 4 rings (SSSR count). The fourth-order valence-electron chi connectivity index (χ4n) is 3.16. The van der Waals surface area contributed by atoms with Crippen LogP contribution in [-0.2, 0) is 11.3 Å². The molecule has 0 fully saturated rings. The van der Waals surface area contributed by atoms with E-state index in [1.165, 1.54) is 18.2 Å². The number of esters is 1. The van der Waals surface area contributed by atoms with E-state index in [2.05, 4.69) is 29.8 Å². The average molecular weight is 319 g/mol. The van der Waals surface area contributed by atoms with Crippen molar-refractivity contribution in [2.45, 2.75) is 13.5 Å². The molecule has 2 aromatic carbocycles. The van der Waals surface area contributed by atoms with Crippen LogP contribution in [0.3, 0.4) is 0 Å². The number of carbonyl (C=O) groups is 1. The summed E-state index contributed by atoms with van der Waals surface area (Å²) >= 11 is 0. The van der Waals surface area contributed by atoms with E-state index in [1.54, 1.807) is 6.26 Å². The Bertz CT molecular complexity index is 1060. The molecule has 4 aromatic rings. The number of nitrogens with zero attached hydrogens (tertiary/aromatic N) is 1. The molecule has 0 unspecified atom stereocenters. The first-order chi connectivity index (χ1) is 11.7. The Hall–Kier alpha value is -3.01. The largest absolute Gasteiger partial charge is 0.465 e. The molecule has 0 aliphatic rings. The van der Waals surface area contributed by atoms with Crippen LogP contribution in [0.5, 0.6) is 0 Å². The summed E-state index contributed by atoms with van der Waals surface area (Å²) in [5, 5.41) is 2.24. The topological polar surface area (TPSA) is 44.4 Å². The molecule has 0 saturated heterocycles. The van der Waals surface area contributed by atoms with Crippen molar-refractivity contribution >= 4 is 27.8 Å². The monoisotopic (exact) mass is 319 g/mol. The number of aromatic nitrogens is 1. The molecule has 0 spiro atoms. The Morgan fingerprint density at radius 2 is 2.04 bits per heavy atom. The third-order valence-electron chi connectivity index (χ3n) is 4.37. The van der Waals surface area contributed by atoms with Crippen LogP contribution in [0.4, 0.5) is 0 Å². The van der Waals surface area contributed by atoms with Gasteiger partial charge in [-0.25, -0.2) is 4.79 Å². The molecule has 0 atom stereocenters. The second-order valence-corrected chi connectivity index (χ2v) is 5.96. The van der Waals surface area contributed by atoms with Crippen molar-refractivity contribution < 1.29 is 13.9 Å². The minimum Gasteiger partial charge on any atom is -0.465 e. The fraction of sp³-hybridized carbons (Fsp3) is 0.150. The summed E-state index contributed by atoms with van der Waals surface area (Å²) in [5.74, 6) is -0.317. The highest BCUT2D eigenvalue weighted by Gasteiger charge is 2.11. The van der Waals surface area contributed by atoms with Gasteiger partial charge in [0.2, 0.25) is 0 Å². The Morgan fingerprint density at radius 3 is 2.88 bits per heavy atom. The van der Waals surface area contributed by atoms with E-state index >= 15 is 0 Å². The Morgan fingerprint density at radius 1 is 1.17 bits per heavy atom. The second kappa shape index (κ2) is 5.57. The van der Waals surface area contributed by atoms with Crippen LogP contribution in [0.1, 0.15) is 21.5 Å². The van der Waals surface area contributed by atoms with E-state index < -0.39 is 0 Å². The van der Waals surface area contributed by atoms with E-state index in [9.17, 15) is 4.79 Å². The number of furan rings is 1. The molecule has 4 heteroatoms. The molecule has 0 amide bonds. The summed E-state index contributed by atoms with van der Waals surface area (Å²) in [5.41, 5.74) is 4.85. The summed E-state index contributed by atoms with van der Waals surface area (Å²) in [4.78, 5) is 11.8. The van der Waals surface area contributed by atoms with Gasteiger partial charge < -0.3 is 13.7 Å². The number of benzene rings is 2. The minimum atomic E-state index is -0.317. The van der Waals surface area contributed by atoms with Crippen molar-refractivity contribution in [3.05, 3.63) is 71.6 Å². The lowest BCUT2D eigenvalue weighted by Crippen LogP contribution is -2.02. The molecular weight excluding hydrogens is 302 g/mol. The van der Waals surface area contributed by atoms with Crippen LogP contribution in [-0.4, -0.2) is 17.6 Å². The maximum atomic E-state index is 11.8. The van der Waals surface area contributed by atoms with Gasteiger partial charge in [0.05, 0.1) is 18.9 Å². The highest BCUT2D eigenvalue weighted by atomic mass is 16.5. The lowest BCUT2D eigenvalue weighted by molar-refractivity contribution is 0.0601. The standard InChI is InChI=1S/C20H17NO3/c1-13-11-21(12-14-3-6-19-15(9-14)7-8-24-19)18-10-16(20(22)23-2)4-5-17(13)18/h3-11H,12H2,1-2H3. The average Bonchev–Trinajstić information content (AvgIpc) is 3.18. The molecule has 4 nitrogen and oxygen atoms in total. The number of carbonyl (C=O) groups excluding carboxylic acids is 1. The molecule has 0 aliphatic carbocycles. The third kappa shape index (κ3) is 2.36. The summed E-state index contributed by atoms with van der Waals surface area (Å²) in [6, 6.07) is 13.8. The van der Waals surface area contributed by atoms with Gasteiger partial charge >= 0.3 is 5.97 Å². The lowest BCUT2D eigenvalue weighted by Gasteiger charge is -2.07. The zero-order chi connectivity index (χ0) is 16.7. The smallest absolute Gasteiger partial charge is 0.337 e. The van der Waals surface area contributed by atoms with E-state index in [1.807, 2.05) is 30.3 Å². The molecule has 120 valence electrons. The van der Waals surface area contributed by atoms with Gasteiger partial charge in [0, 0.05) is 29.0 Å². The van der Waals surface area contributed by atoms with Gasteiger partial charge in [-0.05, 0) is 48.4 Å². The normalized spacial score (nSPS) is 11.2. The summed E-state index contributed by atoms with van der Waals surface area (Å²) in [7, 11) is 1.40. The van der Waals surface area contributed by atoms with Crippen molar-refractivity contribution in [3.63, 3.8) is 0 Å². The van der Waals surface area contributed by atoms with Gasteiger partial charge in [0.15, 0.2) is 0 Å². The molecule has 24 heavy (non-hydrogen) atoms. The first-order valence-corrected chi connectivity index (χ1v) is 7.79. The fourth-order valence-corrected chi connectivity index (χ4v) is 3.16. The number of rotatable bonds is 3. The summed E-state index contributed by atoms with van der Waals surface area (Å²) < 4.78 is 12.4. The van der Waals surface area contributed by atoms with Crippen molar-refractivity contribution in [1.82, 2.24) is 4.57 Å². The SMILES string of the molecule is COC(=O)c1ccc2c(C)cn(Cc3ccc4occc4c3)c2c1. The Balaban J connectivity index is 1.78. The van der Waals surface area contributed by atoms with Gasteiger partial charge in [-0.15, -0.1) is 0 Å². The van der Waals surface area contributed by atoms with Gasteiger partial charge in [-0.2, -0.15) is 0 Å². The van der Waals surface area contributed by atoms with Crippen molar-refractivity contribution in [2.24, 2.45) is 0 Å². The maximum absolute atomic E-state index is 11.8. The van der Waals surface area contributed by atoms with E-state index in [-0.39, 0.29) is 5.97 Å². The number of ether oxygens (including phenoxy) is 1. The van der Waals surface area contributed by atoms with E-state index in [0.29, 0.717) is 5.56 Å².